The van der Waals surface area contributed by atoms with Crippen molar-refractivity contribution in [3.05, 3.63) is 63.3 Å². The molecule has 2 aromatic rings. The maximum atomic E-state index is 13.9. The van der Waals surface area contributed by atoms with Crippen molar-refractivity contribution in [3.8, 4) is 17.2 Å². The lowest BCUT2D eigenvalue weighted by Gasteiger charge is -2.37. The fourth-order valence-corrected chi connectivity index (χ4v) is 5.73. The Balaban J connectivity index is 1.82. The molecule has 0 radical (unpaired) electrons. The van der Waals surface area contributed by atoms with E-state index < -0.39 is 11.8 Å². The van der Waals surface area contributed by atoms with Crippen LogP contribution in [0, 0.1) is 5.92 Å². The minimum Gasteiger partial charge on any atom is -0.496 e. The molecular weight excluding hydrogens is 550 g/mol. The van der Waals surface area contributed by atoms with Crippen LogP contribution in [0.25, 0.3) is 0 Å². The normalized spacial score (nSPS) is 21.8. The third-order valence-corrected chi connectivity index (χ3v) is 7.93. The van der Waals surface area contributed by atoms with Gasteiger partial charge in [0, 0.05) is 39.4 Å². The monoisotopic (exact) mass is 583 g/mol. The van der Waals surface area contributed by atoms with Gasteiger partial charge in [-0.3, -0.25) is 14.6 Å². The summed E-state index contributed by atoms with van der Waals surface area (Å²) in [7, 11) is 4.78. The van der Waals surface area contributed by atoms with Crippen molar-refractivity contribution in [3.63, 3.8) is 0 Å². The second-order valence-electron chi connectivity index (χ2n) is 9.75. The average molecular weight is 585 g/mol. The van der Waals surface area contributed by atoms with E-state index in [4.69, 9.17) is 23.9 Å². The first-order valence-corrected chi connectivity index (χ1v) is 13.6. The van der Waals surface area contributed by atoms with Crippen LogP contribution in [0.3, 0.4) is 0 Å². The van der Waals surface area contributed by atoms with Crippen LogP contribution in [-0.4, -0.2) is 44.9 Å². The van der Waals surface area contributed by atoms with Gasteiger partial charge in [0.2, 0.25) is 0 Å². The molecule has 0 aromatic heterocycles. The quantitative estimate of drug-likeness (QED) is 0.335. The zero-order chi connectivity index (χ0) is 27.6. The first-order chi connectivity index (χ1) is 18.2. The highest BCUT2D eigenvalue weighted by Gasteiger charge is 2.46. The van der Waals surface area contributed by atoms with E-state index in [1.807, 2.05) is 57.2 Å². The second-order valence-corrected chi connectivity index (χ2v) is 10.7. The molecule has 4 atom stereocenters. The number of aliphatic imine (C=N–C) groups is 1. The predicted octanol–water partition coefficient (Wildman–Crippen LogP) is 6.39. The number of Topliss-reactive ketones (excluding diaryl/α,β-unsaturated/α-hetero) is 1. The van der Waals surface area contributed by atoms with Gasteiger partial charge in [0.1, 0.15) is 11.7 Å². The number of rotatable bonds is 8. The summed E-state index contributed by atoms with van der Waals surface area (Å²) in [5.74, 6) is 0.0733. The molecule has 0 N–H and O–H groups in total. The lowest BCUT2D eigenvalue weighted by molar-refractivity contribution is -0.151. The van der Waals surface area contributed by atoms with E-state index >= 15 is 0 Å². The standard InChI is InChI=1S/C30H34BrNO6/c1-7-16(2)38-30(34)27-17(3)32-22-12-19(18-8-10-25(36-5)26(14-18)37-6)13-23(33)29(22)28(27)21-15-20(31)9-11-24(21)35-4/h8-11,14-16,19,27-28H,7,12-13H2,1-6H3/t16-,19+,27?,28+/m0/s1. The first-order valence-electron chi connectivity index (χ1n) is 12.8. The summed E-state index contributed by atoms with van der Waals surface area (Å²) in [5.41, 5.74) is 3.63. The Morgan fingerprint density at radius 2 is 1.71 bits per heavy atom. The Morgan fingerprint density at radius 1 is 1.03 bits per heavy atom. The summed E-state index contributed by atoms with van der Waals surface area (Å²) in [4.78, 5) is 32.3. The van der Waals surface area contributed by atoms with Gasteiger partial charge in [0.25, 0.3) is 0 Å². The summed E-state index contributed by atoms with van der Waals surface area (Å²) in [6, 6.07) is 11.4. The molecule has 1 aliphatic heterocycles. The van der Waals surface area contributed by atoms with E-state index in [1.165, 1.54) is 0 Å². The zero-order valence-electron chi connectivity index (χ0n) is 22.7. The highest BCUT2D eigenvalue weighted by molar-refractivity contribution is 9.10. The fraction of sp³-hybridized carbons (Fsp3) is 0.433. The maximum absolute atomic E-state index is 13.9. The molecule has 2 aromatic carbocycles. The summed E-state index contributed by atoms with van der Waals surface area (Å²) in [6.07, 6.45) is 1.31. The third-order valence-electron chi connectivity index (χ3n) is 7.44. The Bertz CT molecular complexity index is 1300. The Hall–Kier alpha value is -3.13. The largest absolute Gasteiger partial charge is 0.496 e. The number of benzene rings is 2. The van der Waals surface area contributed by atoms with Crippen LogP contribution >= 0.6 is 15.9 Å². The molecule has 0 bridgehead atoms. The molecule has 4 rings (SSSR count). The van der Waals surface area contributed by atoms with Crippen molar-refractivity contribution >= 4 is 33.4 Å². The van der Waals surface area contributed by atoms with Gasteiger partial charge in [-0.25, -0.2) is 0 Å². The highest BCUT2D eigenvalue weighted by Crippen LogP contribution is 2.49. The smallest absolute Gasteiger partial charge is 0.315 e. The second kappa shape index (κ2) is 11.7. The predicted molar refractivity (Wildman–Crippen MR) is 149 cm³/mol. The number of ether oxygens (including phenoxy) is 4. The minimum atomic E-state index is -0.729. The lowest BCUT2D eigenvalue weighted by atomic mass is 9.69. The van der Waals surface area contributed by atoms with Gasteiger partial charge in [-0.1, -0.05) is 28.9 Å². The Kier molecular flexibility index (Phi) is 8.61. The summed E-state index contributed by atoms with van der Waals surface area (Å²) >= 11 is 3.56. The van der Waals surface area contributed by atoms with E-state index in [0.717, 1.165) is 15.6 Å². The number of carbonyl (C=O) groups excluding carboxylic acids is 2. The Morgan fingerprint density at radius 3 is 2.37 bits per heavy atom. The van der Waals surface area contributed by atoms with Crippen LogP contribution in [0.5, 0.6) is 17.2 Å². The zero-order valence-corrected chi connectivity index (χ0v) is 24.3. The van der Waals surface area contributed by atoms with Crippen molar-refractivity contribution in [1.29, 1.82) is 0 Å². The molecule has 1 unspecified atom stereocenters. The van der Waals surface area contributed by atoms with Crippen molar-refractivity contribution in [2.24, 2.45) is 10.9 Å². The van der Waals surface area contributed by atoms with Crippen molar-refractivity contribution < 1.29 is 28.5 Å². The van der Waals surface area contributed by atoms with Gasteiger partial charge in [-0.2, -0.15) is 0 Å². The van der Waals surface area contributed by atoms with Crippen LogP contribution < -0.4 is 14.2 Å². The molecule has 7 nitrogen and oxygen atoms in total. The molecular formula is C30H34BrNO6. The summed E-state index contributed by atoms with van der Waals surface area (Å²) < 4.78 is 23.2. The van der Waals surface area contributed by atoms with Crippen molar-refractivity contribution in [1.82, 2.24) is 0 Å². The molecule has 1 heterocycles. The highest BCUT2D eigenvalue weighted by atomic mass is 79.9. The van der Waals surface area contributed by atoms with Gasteiger partial charge < -0.3 is 18.9 Å². The van der Waals surface area contributed by atoms with Crippen LogP contribution in [0.2, 0.25) is 0 Å². The number of halogens is 1. The maximum Gasteiger partial charge on any atom is 0.315 e. The van der Waals surface area contributed by atoms with Crippen LogP contribution in [0.15, 0.2) is 57.1 Å². The number of methoxy groups -OCH3 is 3. The molecule has 0 saturated heterocycles. The average Bonchev–Trinajstić information content (AvgIpc) is 2.91. The van der Waals surface area contributed by atoms with Gasteiger partial charge in [0.15, 0.2) is 17.3 Å². The topological polar surface area (TPSA) is 83.4 Å². The summed E-state index contributed by atoms with van der Waals surface area (Å²) in [6.45, 7) is 5.68. The van der Waals surface area contributed by atoms with Crippen LogP contribution in [-0.2, 0) is 14.3 Å². The van der Waals surface area contributed by atoms with Gasteiger partial charge in [0.05, 0.1) is 27.4 Å². The molecule has 0 spiro atoms. The van der Waals surface area contributed by atoms with Crippen LogP contribution in [0.4, 0.5) is 0 Å². The number of ketones is 1. The molecule has 0 saturated carbocycles. The number of esters is 1. The number of carbonyl (C=O) groups is 2. The van der Waals surface area contributed by atoms with Gasteiger partial charge in [-0.05, 0) is 68.5 Å². The summed E-state index contributed by atoms with van der Waals surface area (Å²) in [5, 5.41) is 0. The van der Waals surface area contributed by atoms with Crippen LogP contribution in [0.1, 0.15) is 63.0 Å². The van der Waals surface area contributed by atoms with Gasteiger partial charge in [-0.15, -0.1) is 0 Å². The molecule has 0 amide bonds. The Labute approximate surface area is 232 Å². The van der Waals surface area contributed by atoms with Gasteiger partial charge >= 0.3 is 5.97 Å². The van der Waals surface area contributed by atoms with Crippen molar-refractivity contribution in [2.45, 2.75) is 58.0 Å². The van der Waals surface area contributed by atoms with E-state index in [2.05, 4.69) is 15.9 Å². The fourth-order valence-electron chi connectivity index (χ4n) is 5.35. The minimum absolute atomic E-state index is 0.0318. The van der Waals surface area contributed by atoms with E-state index in [-0.39, 0.29) is 23.8 Å². The van der Waals surface area contributed by atoms with E-state index in [9.17, 15) is 9.59 Å². The molecule has 2 aliphatic rings. The number of allylic oxidation sites excluding steroid dienone is 2. The lowest BCUT2D eigenvalue weighted by Crippen LogP contribution is -2.39. The molecule has 1 aliphatic carbocycles. The van der Waals surface area contributed by atoms with E-state index in [1.54, 1.807) is 21.3 Å². The SMILES string of the molecule is CC[C@H](C)OC(=O)C1C(C)=NC2=C(C(=O)C[C@H](c3ccc(OC)c(OC)c3)C2)[C@@H]1c1cc(Br)ccc1OC. The number of nitrogens with zero attached hydrogens (tertiary/aromatic N) is 1. The molecule has 8 heteroatoms. The first kappa shape index (κ1) is 27.9. The molecule has 38 heavy (non-hydrogen) atoms. The van der Waals surface area contributed by atoms with E-state index in [0.29, 0.717) is 53.5 Å². The third kappa shape index (κ3) is 5.37. The van der Waals surface area contributed by atoms with Crippen molar-refractivity contribution in [2.75, 3.05) is 21.3 Å². The number of hydrogen-bond acceptors (Lipinski definition) is 7. The molecule has 202 valence electrons. The number of hydrogen-bond donors (Lipinski definition) is 0. The molecule has 0 fully saturated rings.